The second-order valence-electron chi connectivity index (χ2n) is 28.1. The number of carbonyl (C=O) groups excluding carboxylic acids is 1. The van der Waals surface area contributed by atoms with Crippen molar-refractivity contribution in [1.29, 1.82) is 0 Å². The van der Waals surface area contributed by atoms with E-state index in [1.807, 2.05) is 0 Å². The highest BCUT2D eigenvalue weighted by Gasteiger charge is 2.71. The molecule has 0 radical (unpaired) electrons. The summed E-state index contributed by atoms with van der Waals surface area (Å²) in [7, 11) is 0. The molecule has 0 aromatic carbocycles. The first-order valence-corrected chi connectivity index (χ1v) is 30.7. The average Bonchev–Trinajstić information content (AvgIpc) is 0.700. The molecule has 0 aromatic heterocycles. The van der Waals surface area contributed by atoms with Crippen LogP contribution in [0.1, 0.15) is 113 Å². The molecule has 15 N–H and O–H groups in total. The van der Waals surface area contributed by atoms with E-state index in [0.29, 0.717) is 25.7 Å². The highest BCUT2D eigenvalue weighted by molar-refractivity contribution is 5.79. The Bertz CT molecular complexity index is 2350. The Kier molecular flexibility index (Phi) is 19.2. The number of rotatable bonds is 13. The lowest BCUT2D eigenvalue weighted by molar-refractivity contribution is -0.367. The summed E-state index contributed by atoms with van der Waals surface area (Å²) in [6, 6.07) is 0. The van der Waals surface area contributed by atoms with Gasteiger partial charge in [-0.3, -0.25) is 4.79 Å². The molecule has 26 nitrogen and oxygen atoms in total. The summed E-state index contributed by atoms with van der Waals surface area (Å²) in [5.41, 5.74) is -1.09. The van der Waals surface area contributed by atoms with Crippen LogP contribution >= 0.6 is 0 Å². The van der Waals surface area contributed by atoms with Crippen LogP contribution in [0.3, 0.4) is 0 Å². The smallest absolute Gasteiger partial charge is 0.315 e. The summed E-state index contributed by atoms with van der Waals surface area (Å²) in [5.74, 6) is -0.254. The first kappa shape index (κ1) is 66.2. The quantitative estimate of drug-likeness (QED) is 0.0507. The third-order valence-corrected chi connectivity index (χ3v) is 23.4. The van der Waals surface area contributed by atoms with Gasteiger partial charge in [-0.1, -0.05) is 60.1 Å². The lowest BCUT2D eigenvalue weighted by Gasteiger charge is -2.71. The standard InChI is InChI=1S/C59H96O26/c1-23-11-16-59(54(75)85-52-45(73)41(69)38(66)30(81-52)22-77-49-46(74)42(70)47(29(20-61)80-49)83-50-43(71)39(67)35(63)25(3)78-50)18-17-57(7)26(34(59)24(23)2)9-10-32-56(6)14-13-33(55(4,5)31(56)12-15-58(32,57)8)82-53-48(36(64)27(62)21-76-53)84-51-44(72)40(68)37(65)28(19-60)79-51/h9,23-25,27-53,60-74H,10-22H2,1-8H3/t23-,24-,25+,27+,28+,29-,30-,31-,32+,33-,34-,35+,36-,37-,38-,39+,40-,41+,42+,43-,44+,45+,46-,47+,48-,49+,50+,51+,52-,53+,56+,57+,58+,59+/m1/s1. The highest BCUT2D eigenvalue weighted by Crippen LogP contribution is 2.76. The van der Waals surface area contributed by atoms with Crippen LogP contribution in [0, 0.1) is 56.7 Å². The molecule has 26 heteroatoms. The number of fused-ring (bicyclic) bond motifs is 7. The van der Waals surface area contributed by atoms with Gasteiger partial charge in [0.1, 0.15) is 110 Å². The van der Waals surface area contributed by atoms with E-state index in [1.54, 1.807) is 0 Å². The molecule has 4 saturated carbocycles. The molecule has 5 heterocycles. The van der Waals surface area contributed by atoms with Crippen molar-refractivity contribution in [3.8, 4) is 0 Å². The molecule has 9 fully saturated rings. The van der Waals surface area contributed by atoms with E-state index in [4.69, 9.17) is 47.4 Å². The Balaban J connectivity index is 0.826. The molecule has 5 aliphatic carbocycles. The Hall–Kier alpha value is -1.75. The second kappa shape index (κ2) is 24.7. The van der Waals surface area contributed by atoms with Crippen LogP contribution < -0.4 is 0 Å². The monoisotopic (exact) mass is 1220 g/mol. The van der Waals surface area contributed by atoms with Crippen LogP contribution in [0.4, 0.5) is 0 Å². The molecule has 0 bridgehead atoms. The Morgan fingerprint density at radius 3 is 1.81 bits per heavy atom. The van der Waals surface area contributed by atoms with Crippen molar-refractivity contribution in [2.75, 3.05) is 26.4 Å². The minimum Gasteiger partial charge on any atom is -0.432 e. The molecule has 5 saturated heterocycles. The number of ether oxygens (including phenoxy) is 10. The van der Waals surface area contributed by atoms with E-state index in [9.17, 15) is 76.6 Å². The van der Waals surface area contributed by atoms with Crippen molar-refractivity contribution in [3.63, 3.8) is 0 Å². The fraction of sp³-hybridized carbons (Fsp3) is 0.949. The van der Waals surface area contributed by atoms with E-state index in [0.717, 1.165) is 32.1 Å². The fourth-order valence-corrected chi connectivity index (χ4v) is 17.8. The van der Waals surface area contributed by atoms with Gasteiger partial charge in [-0.2, -0.15) is 0 Å². The summed E-state index contributed by atoms with van der Waals surface area (Å²) in [5, 5.41) is 161. The lowest BCUT2D eigenvalue weighted by Crippen LogP contribution is -2.66. The lowest BCUT2D eigenvalue weighted by atomic mass is 9.33. The topological polar surface area (TPSA) is 413 Å². The largest absolute Gasteiger partial charge is 0.432 e. The molecule has 0 spiro atoms. The predicted octanol–water partition coefficient (Wildman–Crippen LogP) is -2.69. The van der Waals surface area contributed by atoms with Crippen LogP contribution in [0.2, 0.25) is 0 Å². The van der Waals surface area contributed by atoms with Gasteiger partial charge in [0, 0.05) is 0 Å². The molecule has 85 heavy (non-hydrogen) atoms. The summed E-state index contributed by atoms with van der Waals surface area (Å²) in [6.45, 7) is 15.0. The van der Waals surface area contributed by atoms with Crippen LogP contribution in [0.25, 0.3) is 0 Å². The van der Waals surface area contributed by atoms with Gasteiger partial charge < -0.3 is 124 Å². The van der Waals surface area contributed by atoms with Gasteiger partial charge in [0.25, 0.3) is 0 Å². The van der Waals surface area contributed by atoms with Gasteiger partial charge in [-0.15, -0.1) is 0 Å². The average molecular weight is 1220 g/mol. The van der Waals surface area contributed by atoms with Crippen LogP contribution in [0.15, 0.2) is 11.6 Å². The number of allylic oxidation sites excluding steroid dienone is 2. The molecule has 34 atom stereocenters. The zero-order valence-corrected chi connectivity index (χ0v) is 49.8. The molecular formula is C59H96O26. The van der Waals surface area contributed by atoms with Crippen molar-refractivity contribution in [2.45, 2.75) is 267 Å². The maximum Gasteiger partial charge on any atom is 0.315 e. The van der Waals surface area contributed by atoms with Gasteiger partial charge in [0.05, 0.1) is 44.1 Å². The number of aliphatic hydroxyl groups excluding tert-OH is 15. The van der Waals surface area contributed by atoms with E-state index in [2.05, 4.69) is 54.5 Å². The van der Waals surface area contributed by atoms with Crippen molar-refractivity contribution < 1.29 is 129 Å². The molecule has 5 aliphatic heterocycles. The molecule has 0 aromatic rings. The molecule has 0 unspecified atom stereocenters. The minimum absolute atomic E-state index is 0.0278. The first-order chi connectivity index (χ1) is 39.9. The van der Waals surface area contributed by atoms with Gasteiger partial charge >= 0.3 is 5.97 Å². The SMILES string of the molecule is C[C@@H]1[C@H](C)CC[C@]2(C(=O)O[C@H]3O[C@H](CO[C@H]4O[C@H](CO)[C@H](O[C@@H]5O[C@@H](C)[C@H](O)[C@H](O)[C@H]5O)[C@@H](O)[C@H]4O)[C@@H](O)[C@H](O)[C@@H]3O)CC[C@@]3(C)C(=CC[C@H]4[C@@]5(C)CC[C@@H](O[C@@H]6OC[C@H](O)[C@@H](O)[C@H]6O[C@@H]6O[C@@H](CO)[C@@H](O)[C@@H](O)[C@@H]6O)C(C)(C)[C@H]5CC[C@@]43C)[C@@H]12. The maximum atomic E-state index is 15.3. The molecule has 10 rings (SSSR count). The van der Waals surface area contributed by atoms with Gasteiger partial charge in [0.2, 0.25) is 6.29 Å². The van der Waals surface area contributed by atoms with E-state index < -0.39 is 190 Å². The minimum atomic E-state index is -1.89. The van der Waals surface area contributed by atoms with E-state index >= 15 is 4.79 Å². The fourth-order valence-electron chi connectivity index (χ4n) is 17.8. The van der Waals surface area contributed by atoms with Gasteiger partial charge in [-0.25, -0.2) is 0 Å². The zero-order valence-electron chi connectivity index (χ0n) is 49.8. The number of aliphatic hydroxyl groups is 15. The van der Waals surface area contributed by atoms with Gasteiger partial charge in [0.15, 0.2) is 25.2 Å². The van der Waals surface area contributed by atoms with Crippen molar-refractivity contribution in [1.82, 2.24) is 0 Å². The zero-order chi connectivity index (χ0) is 61.9. The van der Waals surface area contributed by atoms with Gasteiger partial charge in [-0.05, 0) is 116 Å². The normalized spacial score (nSPS) is 55.3. The van der Waals surface area contributed by atoms with E-state index in [1.165, 1.54) is 12.5 Å². The number of carbonyl (C=O) groups is 1. The van der Waals surface area contributed by atoms with Crippen molar-refractivity contribution >= 4 is 5.97 Å². The molecule has 488 valence electrons. The number of hydrogen-bond donors (Lipinski definition) is 15. The molecular weight excluding hydrogens is 1120 g/mol. The van der Waals surface area contributed by atoms with Crippen LogP contribution in [-0.4, -0.2) is 263 Å². The maximum absolute atomic E-state index is 15.3. The molecule has 0 amide bonds. The second-order valence-corrected chi connectivity index (χ2v) is 28.1. The number of esters is 1. The number of hydrogen-bond acceptors (Lipinski definition) is 26. The third-order valence-electron chi connectivity index (χ3n) is 23.4. The summed E-state index contributed by atoms with van der Waals surface area (Å²) in [4.78, 5) is 15.3. The predicted molar refractivity (Wildman–Crippen MR) is 288 cm³/mol. The third kappa shape index (κ3) is 11.0. The van der Waals surface area contributed by atoms with Crippen molar-refractivity contribution in [3.05, 3.63) is 11.6 Å². The Morgan fingerprint density at radius 2 is 1.14 bits per heavy atom. The first-order valence-electron chi connectivity index (χ1n) is 30.7. The summed E-state index contributed by atoms with van der Waals surface area (Å²) >= 11 is 0. The Morgan fingerprint density at radius 1 is 0.553 bits per heavy atom. The van der Waals surface area contributed by atoms with Crippen LogP contribution in [0.5, 0.6) is 0 Å². The molecule has 10 aliphatic rings. The van der Waals surface area contributed by atoms with Crippen LogP contribution in [-0.2, 0) is 52.2 Å². The Labute approximate surface area is 494 Å². The summed E-state index contributed by atoms with van der Waals surface area (Å²) in [6.07, 6.45) is -30.1. The van der Waals surface area contributed by atoms with E-state index in [-0.39, 0.29) is 52.4 Å². The highest BCUT2D eigenvalue weighted by atomic mass is 16.8. The summed E-state index contributed by atoms with van der Waals surface area (Å²) < 4.78 is 59.5. The van der Waals surface area contributed by atoms with Crippen molar-refractivity contribution in [2.24, 2.45) is 56.7 Å².